The van der Waals surface area contributed by atoms with E-state index in [0.29, 0.717) is 12.6 Å². The molecule has 0 spiro atoms. The minimum atomic E-state index is 0.361. The Morgan fingerprint density at radius 3 is 2.63 bits per heavy atom. The summed E-state index contributed by atoms with van der Waals surface area (Å²) >= 11 is 1.72. The number of aromatic nitrogens is 1. The molecular weight excluding hydrogens is 354 g/mol. The Hall–Kier alpha value is -1.92. The zero-order valence-electron chi connectivity index (χ0n) is 16.6. The second-order valence-corrected chi connectivity index (χ2v) is 8.64. The lowest BCUT2D eigenvalue weighted by Crippen LogP contribution is -2.45. The predicted molar refractivity (Wildman–Crippen MR) is 114 cm³/mol. The second-order valence-electron chi connectivity index (χ2n) is 7.32. The number of aryl methyl sites for hydroxylation is 1. The van der Waals surface area contributed by atoms with Crippen molar-refractivity contribution in [2.24, 2.45) is 10.9 Å². The Morgan fingerprint density at radius 1 is 1.26 bits per heavy atom. The summed E-state index contributed by atoms with van der Waals surface area (Å²) in [5, 5.41) is 8.00. The Balaban J connectivity index is 1.60. The average Bonchev–Trinajstić information content (AvgIpc) is 3.11. The first-order chi connectivity index (χ1) is 13.2. The van der Waals surface area contributed by atoms with Gasteiger partial charge in [-0.2, -0.15) is 0 Å². The molecular formula is C21H31N5S. The maximum absolute atomic E-state index is 4.41. The molecule has 1 aliphatic rings. The van der Waals surface area contributed by atoms with E-state index < -0.39 is 0 Å². The molecule has 1 aromatic carbocycles. The van der Waals surface area contributed by atoms with Crippen molar-refractivity contribution in [3.8, 4) is 0 Å². The Bertz CT molecular complexity index is 719. The molecule has 3 rings (SSSR count). The molecule has 0 amide bonds. The molecule has 2 heterocycles. The van der Waals surface area contributed by atoms with Gasteiger partial charge < -0.3 is 10.6 Å². The first-order valence-corrected chi connectivity index (χ1v) is 10.6. The van der Waals surface area contributed by atoms with Crippen LogP contribution < -0.4 is 10.6 Å². The third-order valence-corrected chi connectivity index (χ3v) is 6.12. The van der Waals surface area contributed by atoms with Gasteiger partial charge in [-0.1, -0.05) is 37.3 Å². The van der Waals surface area contributed by atoms with E-state index >= 15 is 0 Å². The molecule has 1 fully saturated rings. The number of aliphatic imine (C=N–C) groups is 1. The summed E-state index contributed by atoms with van der Waals surface area (Å²) in [6.07, 6.45) is 4.47. The number of hydrogen-bond acceptors (Lipinski definition) is 4. The average molecular weight is 386 g/mol. The zero-order chi connectivity index (χ0) is 19.1. The fourth-order valence-electron chi connectivity index (χ4n) is 3.53. The molecule has 1 atom stereocenters. The quantitative estimate of drug-likeness (QED) is 0.589. The number of thiazole rings is 1. The molecule has 1 unspecified atom stereocenters. The van der Waals surface area contributed by atoms with Gasteiger partial charge in [0.1, 0.15) is 5.01 Å². The van der Waals surface area contributed by atoms with Crippen LogP contribution in [0, 0.1) is 12.8 Å². The molecule has 2 N–H and O–H groups in total. The van der Waals surface area contributed by atoms with Gasteiger partial charge in [-0.25, -0.2) is 4.98 Å². The van der Waals surface area contributed by atoms with E-state index in [0.717, 1.165) is 36.5 Å². The summed E-state index contributed by atoms with van der Waals surface area (Å²) < 4.78 is 0. The molecule has 146 valence electrons. The van der Waals surface area contributed by atoms with Crippen molar-refractivity contribution in [3.63, 3.8) is 0 Å². The predicted octanol–water partition coefficient (Wildman–Crippen LogP) is 3.59. The number of rotatable bonds is 6. The van der Waals surface area contributed by atoms with Crippen molar-refractivity contribution >= 4 is 17.3 Å². The highest BCUT2D eigenvalue weighted by molar-refractivity contribution is 7.11. The minimum Gasteiger partial charge on any atom is -0.354 e. The lowest BCUT2D eigenvalue weighted by molar-refractivity contribution is 0.138. The summed E-state index contributed by atoms with van der Waals surface area (Å²) in [6, 6.07) is 11.2. The van der Waals surface area contributed by atoms with Crippen LogP contribution in [0.25, 0.3) is 0 Å². The second kappa shape index (κ2) is 9.85. The van der Waals surface area contributed by atoms with Crippen molar-refractivity contribution in [2.75, 3.05) is 26.7 Å². The first-order valence-electron chi connectivity index (χ1n) is 9.80. The molecule has 0 saturated carbocycles. The van der Waals surface area contributed by atoms with E-state index in [-0.39, 0.29) is 0 Å². The van der Waals surface area contributed by atoms with Crippen molar-refractivity contribution in [2.45, 2.75) is 39.3 Å². The van der Waals surface area contributed by atoms with Gasteiger partial charge in [-0.15, -0.1) is 11.3 Å². The van der Waals surface area contributed by atoms with Gasteiger partial charge in [0.2, 0.25) is 0 Å². The lowest BCUT2D eigenvalue weighted by atomic mass is 9.95. The van der Waals surface area contributed by atoms with Crippen LogP contribution in [-0.2, 0) is 6.54 Å². The molecule has 6 heteroatoms. The largest absolute Gasteiger partial charge is 0.354 e. The maximum atomic E-state index is 4.41. The van der Waals surface area contributed by atoms with Crippen LogP contribution in [0.15, 0.2) is 41.5 Å². The van der Waals surface area contributed by atoms with Gasteiger partial charge in [0.15, 0.2) is 5.96 Å². The molecule has 1 saturated heterocycles. The third-order valence-electron chi connectivity index (χ3n) is 5.21. The van der Waals surface area contributed by atoms with Gasteiger partial charge in [0.05, 0.1) is 12.6 Å². The van der Waals surface area contributed by atoms with E-state index in [2.05, 4.69) is 69.7 Å². The number of benzene rings is 1. The smallest absolute Gasteiger partial charge is 0.191 e. The SMILES string of the molecule is CN=C(NCc1ncc(C)s1)NCC(c1ccccc1)N1CCC(C)CC1. The lowest BCUT2D eigenvalue weighted by Gasteiger charge is -2.37. The first kappa shape index (κ1) is 19.8. The van der Waals surface area contributed by atoms with Crippen LogP contribution in [-0.4, -0.2) is 42.5 Å². The molecule has 0 aliphatic carbocycles. The van der Waals surface area contributed by atoms with Crippen LogP contribution in [0.1, 0.15) is 41.3 Å². The summed E-state index contributed by atoms with van der Waals surface area (Å²) in [7, 11) is 1.82. The number of likely N-dealkylation sites (tertiary alicyclic amines) is 1. The topological polar surface area (TPSA) is 52.6 Å². The van der Waals surface area contributed by atoms with Crippen LogP contribution >= 0.6 is 11.3 Å². The highest BCUT2D eigenvalue weighted by atomic mass is 32.1. The highest BCUT2D eigenvalue weighted by Gasteiger charge is 2.24. The fraction of sp³-hybridized carbons (Fsp3) is 0.524. The van der Waals surface area contributed by atoms with Crippen molar-refractivity contribution in [1.82, 2.24) is 20.5 Å². The van der Waals surface area contributed by atoms with Gasteiger partial charge in [0.25, 0.3) is 0 Å². The number of piperidine rings is 1. The number of hydrogen-bond donors (Lipinski definition) is 2. The van der Waals surface area contributed by atoms with Gasteiger partial charge in [0, 0.05) is 24.7 Å². The molecule has 0 radical (unpaired) electrons. The number of nitrogens with one attached hydrogen (secondary N) is 2. The van der Waals surface area contributed by atoms with Crippen LogP contribution in [0.2, 0.25) is 0 Å². The van der Waals surface area contributed by atoms with E-state index in [1.807, 2.05) is 13.2 Å². The summed E-state index contributed by atoms with van der Waals surface area (Å²) in [4.78, 5) is 12.6. The molecule has 1 aliphatic heterocycles. The Kier molecular flexibility index (Phi) is 7.24. The third kappa shape index (κ3) is 5.78. The highest BCUT2D eigenvalue weighted by Crippen LogP contribution is 2.26. The molecule has 0 bridgehead atoms. The standard InChI is InChI=1S/C21H31N5S/c1-16-9-11-26(12-10-16)19(18-7-5-4-6-8-18)14-24-21(22-3)25-15-20-23-13-17(2)27-20/h4-8,13,16,19H,9-12,14-15H2,1-3H3,(H2,22,24,25). The van der Waals surface area contributed by atoms with Crippen LogP contribution in [0.3, 0.4) is 0 Å². The van der Waals surface area contributed by atoms with Gasteiger partial charge in [-0.3, -0.25) is 9.89 Å². The number of nitrogens with zero attached hydrogens (tertiary/aromatic N) is 3. The van der Waals surface area contributed by atoms with Crippen molar-refractivity contribution in [3.05, 3.63) is 52.0 Å². The molecule has 5 nitrogen and oxygen atoms in total. The van der Waals surface area contributed by atoms with E-state index in [1.54, 1.807) is 11.3 Å². The van der Waals surface area contributed by atoms with Crippen LogP contribution in [0.5, 0.6) is 0 Å². The summed E-state index contributed by atoms with van der Waals surface area (Å²) in [5.41, 5.74) is 1.37. The Labute approximate surface area is 166 Å². The summed E-state index contributed by atoms with van der Waals surface area (Å²) in [6.45, 7) is 8.31. The fourth-order valence-corrected chi connectivity index (χ4v) is 4.26. The van der Waals surface area contributed by atoms with E-state index in [9.17, 15) is 0 Å². The maximum Gasteiger partial charge on any atom is 0.191 e. The minimum absolute atomic E-state index is 0.361. The molecule has 2 aromatic rings. The van der Waals surface area contributed by atoms with E-state index in [1.165, 1.54) is 23.3 Å². The zero-order valence-corrected chi connectivity index (χ0v) is 17.4. The van der Waals surface area contributed by atoms with Gasteiger partial charge in [-0.05, 0) is 44.3 Å². The molecule has 1 aromatic heterocycles. The van der Waals surface area contributed by atoms with Crippen LogP contribution in [0.4, 0.5) is 0 Å². The summed E-state index contributed by atoms with van der Waals surface area (Å²) in [5.74, 6) is 1.66. The Morgan fingerprint density at radius 2 is 2.00 bits per heavy atom. The van der Waals surface area contributed by atoms with Crippen molar-refractivity contribution in [1.29, 1.82) is 0 Å². The van der Waals surface area contributed by atoms with E-state index in [4.69, 9.17) is 0 Å². The molecule has 27 heavy (non-hydrogen) atoms. The monoisotopic (exact) mass is 385 g/mol. The van der Waals surface area contributed by atoms with Gasteiger partial charge >= 0.3 is 0 Å². The normalized spacial score (nSPS) is 17.7. The van der Waals surface area contributed by atoms with Crippen molar-refractivity contribution < 1.29 is 0 Å². The number of guanidine groups is 1.